The van der Waals surface area contributed by atoms with Crippen molar-refractivity contribution in [2.75, 3.05) is 33.5 Å². The summed E-state index contributed by atoms with van der Waals surface area (Å²) in [6.45, 7) is 6.78. The maximum absolute atomic E-state index is 12.6. The number of amides is 2. The molecule has 0 radical (unpaired) electrons. The molecule has 2 amide bonds. The molecule has 9 nitrogen and oxygen atoms in total. The van der Waals surface area contributed by atoms with E-state index in [-0.39, 0.29) is 18.0 Å². The van der Waals surface area contributed by atoms with Crippen molar-refractivity contribution in [1.29, 1.82) is 0 Å². The van der Waals surface area contributed by atoms with Crippen molar-refractivity contribution in [3.05, 3.63) is 35.4 Å². The van der Waals surface area contributed by atoms with E-state index in [1.54, 1.807) is 26.1 Å². The molecule has 1 aromatic heterocycles. The molecular weight excluding hydrogens is 446 g/mol. The summed E-state index contributed by atoms with van der Waals surface area (Å²) in [4.78, 5) is 26.4. The van der Waals surface area contributed by atoms with Gasteiger partial charge in [-0.1, -0.05) is 24.3 Å². The number of nitrogens with two attached hydrogens (primary N) is 1. The zero-order valence-electron chi connectivity index (χ0n) is 21.8. The van der Waals surface area contributed by atoms with Gasteiger partial charge in [0.05, 0.1) is 12.6 Å². The van der Waals surface area contributed by atoms with Gasteiger partial charge in [-0.05, 0) is 57.9 Å². The Morgan fingerprint density at radius 2 is 1.89 bits per heavy atom. The number of carbonyl (C=O) groups is 2. The van der Waals surface area contributed by atoms with Crippen molar-refractivity contribution in [3.8, 4) is 11.3 Å². The third kappa shape index (κ3) is 6.54. The maximum atomic E-state index is 12.6. The van der Waals surface area contributed by atoms with Crippen molar-refractivity contribution in [2.45, 2.75) is 64.7 Å². The summed E-state index contributed by atoms with van der Waals surface area (Å²) in [5.41, 5.74) is 8.84. The second-order valence-electron chi connectivity index (χ2n) is 10.3. The number of ether oxygens (including phenoxy) is 2. The van der Waals surface area contributed by atoms with Crippen molar-refractivity contribution in [3.63, 3.8) is 0 Å². The van der Waals surface area contributed by atoms with E-state index >= 15 is 0 Å². The molecule has 0 aliphatic heterocycles. The number of nitrogens with zero attached hydrogens (tertiary/aromatic N) is 3. The number of rotatable bonds is 9. The molecule has 1 saturated carbocycles. The number of benzene rings is 1. The standard InChI is InChI=1S/C26H39N5O4/c1-26(2,3)35-25(33)30(5)13-7-8-18-14-20(15-18)31-23(27)21(24(32)28-4)22(29-31)19-11-9-17(10-12-19)16-34-6/h9-12,18,20H,7-8,13-16,27H2,1-6H3,(H,28,32). The molecule has 192 valence electrons. The lowest BCUT2D eigenvalue weighted by molar-refractivity contribution is 0.0290. The highest BCUT2D eigenvalue weighted by atomic mass is 16.6. The predicted octanol–water partition coefficient (Wildman–Crippen LogP) is 4.24. The van der Waals surface area contributed by atoms with E-state index in [4.69, 9.17) is 20.3 Å². The van der Waals surface area contributed by atoms with E-state index < -0.39 is 5.60 Å². The molecule has 1 heterocycles. The first-order valence-corrected chi connectivity index (χ1v) is 12.2. The molecular formula is C26H39N5O4. The Hall–Kier alpha value is -3.07. The number of methoxy groups -OCH3 is 1. The first kappa shape index (κ1) is 26.5. The molecule has 1 aliphatic carbocycles. The Labute approximate surface area is 207 Å². The van der Waals surface area contributed by atoms with Crippen molar-refractivity contribution in [1.82, 2.24) is 20.0 Å². The van der Waals surface area contributed by atoms with Crippen molar-refractivity contribution < 1.29 is 19.1 Å². The van der Waals surface area contributed by atoms with Gasteiger partial charge in [-0.25, -0.2) is 9.48 Å². The third-order valence-corrected chi connectivity index (χ3v) is 6.31. The minimum atomic E-state index is -0.491. The lowest BCUT2D eigenvalue weighted by atomic mass is 9.77. The molecule has 1 fully saturated rings. The van der Waals surface area contributed by atoms with Gasteiger partial charge in [-0.3, -0.25) is 4.79 Å². The Morgan fingerprint density at radius 3 is 2.46 bits per heavy atom. The SMILES string of the molecule is CNC(=O)c1c(-c2ccc(COC)cc2)nn(C2CC(CCCN(C)C(=O)OC(C)(C)C)C2)c1N. The minimum Gasteiger partial charge on any atom is -0.444 e. The summed E-state index contributed by atoms with van der Waals surface area (Å²) in [5.74, 6) is 0.690. The van der Waals surface area contributed by atoms with Gasteiger partial charge in [0.2, 0.25) is 0 Å². The topological polar surface area (TPSA) is 112 Å². The lowest BCUT2D eigenvalue weighted by Crippen LogP contribution is -2.35. The number of anilines is 1. The average molecular weight is 486 g/mol. The zero-order valence-corrected chi connectivity index (χ0v) is 21.8. The average Bonchev–Trinajstić information content (AvgIpc) is 3.10. The lowest BCUT2D eigenvalue weighted by Gasteiger charge is -2.36. The Morgan fingerprint density at radius 1 is 1.23 bits per heavy atom. The second kappa shape index (κ2) is 11.1. The molecule has 0 bridgehead atoms. The Balaban J connectivity index is 1.62. The van der Waals surface area contributed by atoms with Gasteiger partial charge in [-0.15, -0.1) is 0 Å². The van der Waals surface area contributed by atoms with E-state index in [0.29, 0.717) is 36.1 Å². The van der Waals surface area contributed by atoms with Gasteiger partial charge >= 0.3 is 6.09 Å². The van der Waals surface area contributed by atoms with Gasteiger partial charge in [0.15, 0.2) is 0 Å². The summed E-state index contributed by atoms with van der Waals surface area (Å²) in [7, 11) is 5.02. The Kier molecular flexibility index (Phi) is 8.43. The van der Waals surface area contributed by atoms with Crippen LogP contribution in [0.5, 0.6) is 0 Å². The van der Waals surface area contributed by atoms with E-state index in [1.807, 2.05) is 49.7 Å². The fourth-order valence-corrected chi connectivity index (χ4v) is 4.39. The molecule has 2 aromatic rings. The summed E-state index contributed by atoms with van der Waals surface area (Å²) in [6, 6.07) is 7.98. The molecule has 0 spiro atoms. The largest absolute Gasteiger partial charge is 0.444 e. The second-order valence-corrected chi connectivity index (χ2v) is 10.3. The first-order valence-electron chi connectivity index (χ1n) is 12.2. The van der Waals surface area contributed by atoms with Gasteiger partial charge in [-0.2, -0.15) is 5.10 Å². The highest BCUT2D eigenvalue weighted by Gasteiger charge is 2.34. The number of aromatic nitrogens is 2. The van der Waals surface area contributed by atoms with Gasteiger partial charge in [0, 0.05) is 33.3 Å². The number of nitrogen functional groups attached to an aromatic ring is 1. The first-order chi connectivity index (χ1) is 16.5. The fraction of sp³-hybridized carbons (Fsp3) is 0.577. The summed E-state index contributed by atoms with van der Waals surface area (Å²) < 4.78 is 12.4. The van der Waals surface area contributed by atoms with E-state index in [2.05, 4.69) is 5.32 Å². The van der Waals surface area contributed by atoms with Crippen LogP contribution in [0.3, 0.4) is 0 Å². The molecule has 1 aliphatic rings. The van der Waals surface area contributed by atoms with Crippen LogP contribution in [0, 0.1) is 5.92 Å². The smallest absolute Gasteiger partial charge is 0.410 e. The van der Waals surface area contributed by atoms with Crippen LogP contribution in [0.2, 0.25) is 0 Å². The molecule has 3 N–H and O–H groups in total. The highest BCUT2D eigenvalue weighted by Crippen LogP contribution is 2.43. The van der Waals surface area contributed by atoms with E-state index in [1.165, 1.54) is 0 Å². The van der Waals surface area contributed by atoms with Crippen LogP contribution in [0.4, 0.5) is 10.6 Å². The number of nitrogens with one attached hydrogen (secondary N) is 1. The van der Waals surface area contributed by atoms with Gasteiger partial charge in [0.1, 0.15) is 22.7 Å². The van der Waals surface area contributed by atoms with Crippen molar-refractivity contribution >= 4 is 17.8 Å². The number of hydrogen-bond acceptors (Lipinski definition) is 6. The third-order valence-electron chi connectivity index (χ3n) is 6.31. The zero-order chi connectivity index (χ0) is 25.8. The quantitative estimate of drug-likeness (QED) is 0.550. The molecule has 1 aromatic carbocycles. The summed E-state index contributed by atoms with van der Waals surface area (Å²) >= 11 is 0. The van der Waals surface area contributed by atoms with Crippen molar-refractivity contribution in [2.24, 2.45) is 5.92 Å². The van der Waals surface area contributed by atoms with Crippen LogP contribution in [-0.2, 0) is 16.1 Å². The Bertz CT molecular complexity index is 1020. The van der Waals surface area contributed by atoms with Crippen LogP contribution in [0.25, 0.3) is 11.3 Å². The van der Waals surface area contributed by atoms with Gasteiger partial charge < -0.3 is 25.4 Å². The molecule has 0 unspecified atom stereocenters. The van der Waals surface area contributed by atoms with Crippen LogP contribution in [0.15, 0.2) is 24.3 Å². The fourth-order valence-electron chi connectivity index (χ4n) is 4.39. The number of carbonyl (C=O) groups excluding carboxylic acids is 2. The summed E-state index contributed by atoms with van der Waals surface area (Å²) in [6.07, 6.45) is 3.52. The molecule has 35 heavy (non-hydrogen) atoms. The van der Waals surface area contributed by atoms with Crippen LogP contribution in [0.1, 0.15) is 68.4 Å². The molecule has 9 heteroatoms. The predicted molar refractivity (Wildman–Crippen MR) is 136 cm³/mol. The van der Waals surface area contributed by atoms with Crippen LogP contribution >= 0.6 is 0 Å². The van der Waals surface area contributed by atoms with Gasteiger partial charge in [0.25, 0.3) is 5.91 Å². The molecule has 0 atom stereocenters. The number of hydrogen-bond donors (Lipinski definition) is 2. The summed E-state index contributed by atoms with van der Waals surface area (Å²) in [5, 5.41) is 7.46. The maximum Gasteiger partial charge on any atom is 0.410 e. The van der Waals surface area contributed by atoms with E-state index in [9.17, 15) is 9.59 Å². The van der Waals surface area contributed by atoms with Crippen LogP contribution in [-0.4, -0.2) is 60.0 Å². The van der Waals surface area contributed by atoms with E-state index in [0.717, 1.165) is 36.8 Å². The highest BCUT2D eigenvalue weighted by molar-refractivity contribution is 6.04. The minimum absolute atomic E-state index is 0.161. The van der Waals surface area contributed by atoms with Crippen LogP contribution < -0.4 is 11.1 Å². The normalized spacial score (nSPS) is 17.5. The molecule has 3 rings (SSSR count). The molecule has 0 saturated heterocycles. The monoisotopic (exact) mass is 485 g/mol.